The summed E-state index contributed by atoms with van der Waals surface area (Å²) >= 11 is 0. The average molecular weight is 681 g/mol. The van der Waals surface area contributed by atoms with E-state index < -0.39 is 10.1 Å². The van der Waals surface area contributed by atoms with Crippen molar-refractivity contribution in [3.8, 4) is 0 Å². The van der Waals surface area contributed by atoms with Gasteiger partial charge in [-0.15, -0.1) is 0 Å². The fraction of sp³-hybridized carbons (Fsp3) is 0.442. The zero-order valence-electron chi connectivity index (χ0n) is 28.6. The van der Waals surface area contributed by atoms with Crippen molar-refractivity contribution in [2.24, 2.45) is 0 Å². The molecule has 3 aliphatic rings. The Kier molecular flexibility index (Phi) is 12.2. The van der Waals surface area contributed by atoms with Crippen molar-refractivity contribution < 1.29 is 13.0 Å². The van der Waals surface area contributed by atoms with Gasteiger partial charge in [0.15, 0.2) is 14.7 Å². The predicted octanol–water partition coefficient (Wildman–Crippen LogP) is 11.8. The lowest BCUT2D eigenvalue weighted by molar-refractivity contribution is 0.411. The molecule has 4 aromatic rings. The molecule has 0 N–H and O–H groups in total. The Hall–Kier alpha value is -2.86. The molecule has 0 spiro atoms. The van der Waals surface area contributed by atoms with Crippen LogP contribution in [0.15, 0.2) is 117 Å². The van der Waals surface area contributed by atoms with Crippen LogP contribution in [0.3, 0.4) is 0 Å². The molecule has 254 valence electrons. The fourth-order valence-electron chi connectivity index (χ4n) is 8.29. The van der Waals surface area contributed by atoms with Crippen LogP contribution in [0.5, 0.6) is 0 Å². The van der Waals surface area contributed by atoms with E-state index in [1.165, 1.54) is 70.8 Å². The van der Waals surface area contributed by atoms with Gasteiger partial charge in [-0.25, -0.2) is 8.42 Å². The van der Waals surface area contributed by atoms with E-state index in [-0.39, 0.29) is 27.6 Å². The van der Waals surface area contributed by atoms with Crippen LogP contribution in [0.4, 0.5) is 0 Å². The molecule has 7 rings (SSSR count). The van der Waals surface area contributed by atoms with E-state index in [1.54, 1.807) is 0 Å². The van der Waals surface area contributed by atoms with Crippen LogP contribution in [0, 0.1) is 6.92 Å². The molecule has 3 nitrogen and oxygen atoms in total. The Morgan fingerprint density at radius 1 is 0.521 bits per heavy atom. The van der Waals surface area contributed by atoms with Crippen molar-refractivity contribution in [2.45, 2.75) is 141 Å². The van der Waals surface area contributed by atoms with Gasteiger partial charge in [-0.05, 0) is 116 Å². The first-order valence-electron chi connectivity index (χ1n) is 18.4. The van der Waals surface area contributed by atoms with Gasteiger partial charge in [0.05, 0.1) is 15.8 Å². The molecule has 0 saturated heterocycles. The van der Waals surface area contributed by atoms with Gasteiger partial charge in [0.2, 0.25) is 0 Å². The number of hydrogen-bond donors (Lipinski definition) is 0. The zero-order chi connectivity index (χ0) is 33.3. The van der Waals surface area contributed by atoms with Crippen molar-refractivity contribution in [3.63, 3.8) is 0 Å². The van der Waals surface area contributed by atoms with Crippen LogP contribution in [0.25, 0.3) is 0 Å². The van der Waals surface area contributed by atoms with Crippen LogP contribution in [0.2, 0.25) is 0 Å². The van der Waals surface area contributed by atoms with E-state index in [2.05, 4.69) is 104 Å². The lowest BCUT2D eigenvalue weighted by Crippen LogP contribution is -2.18. The van der Waals surface area contributed by atoms with Gasteiger partial charge in [0.25, 0.3) is 0 Å². The molecule has 0 radical (unpaired) electrons. The van der Waals surface area contributed by atoms with Crippen molar-refractivity contribution in [1.29, 1.82) is 0 Å². The van der Waals surface area contributed by atoms with E-state index >= 15 is 0 Å². The molecule has 0 bridgehead atoms. The molecule has 3 aliphatic carbocycles. The standard InChI is InChI=1S/C24H36O3S.C19H17S/c25-28(26,27)24-22(19-12-6-2-7-13-19)16-21(18-10-4-1-5-11-18)17-23(24)20-14-8-3-9-15-20;1-16-12-14-19(15-13-16)20(17-8-4-2-5-9-17)18-10-6-3-7-11-18/h16-20H,1-15H2,(H,25,26,27);2-15H,1H3/q;+1/p-1. The van der Waals surface area contributed by atoms with Crippen LogP contribution in [-0.2, 0) is 21.0 Å². The van der Waals surface area contributed by atoms with Gasteiger partial charge < -0.3 is 4.55 Å². The number of benzene rings is 4. The summed E-state index contributed by atoms with van der Waals surface area (Å²) in [6.45, 7) is 2.13. The second-order valence-corrected chi connectivity index (χ2v) is 17.6. The molecule has 0 aromatic heterocycles. The third-order valence-electron chi connectivity index (χ3n) is 10.8. The summed E-state index contributed by atoms with van der Waals surface area (Å²) in [5.41, 5.74) is 4.41. The van der Waals surface area contributed by atoms with Gasteiger partial charge in [-0.2, -0.15) is 0 Å². The first-order valence-corrected chi connectivity index (χ1v) is 21.1. The van der Waals surface area contributed by atoms with E-state index in [0.717, 1.165) is 62.5 Å². The minimum absolute atomic E-state index is 0.0229. The Morgan fingerprint density at radius 2 is 0.896 bits per heavy atom. The quantitative estimate of drug-likeness (QED) is 0.144. The van der Waals surface area contributed by atoms with E-state index in [1.807, 2.05) is 0 Å². The maximum Gasteiger partial charge on any atom is 0.166 e. The van der Waals surface area contributed by atoms with Gasteiger partial charge >= 0.3 is 0 Å². The molecule has 3 fully saturated rings. The van der Waals surface area contributed by atoms with Crippen LogP contribution < -0.4 is 0 Å². The van der Waals surface area contributed by atoms with Gasteiger partial charge in [0.1, 0.15) is 10.1 Å². The molecule has 5 heteroatoms. The average Bonchev–Trinajstić information content (AvgIpc) is 3.14. The molecular formula is C43H52O3S2. The minimum Gasteiger partial charge on any atom is -0.744 e. The molecule has 0 atom stereocenters. The third kappa shape index (κ3) is 8.83. The maximum absolute atomic E-state index is 12.5. The highest BCUT2D eigenvalue weighted by molar-refractivity contribution is 7.97. The SMILES string of the molecule is Cc1ccc([S+](c2ccccc2)c2ccccc2)cc1.O=S(=O)([O-])c1c(C2CCCCC2)cc(C2CCCCC2)cc1C1CCCCC1. The van der Waals surface area contributed by atoms with Crippen LogP contribution >= 0.6 is 0 Å². The number of rotatable bonds is 7. The maximum atomic E-state index is 12.5. The Labute approximate surface area is 292 Å². The predicted molar refractivity (Wildman–Crippen MR) is 198 cm³/mol. The number of aryl methyl sites for hydroxylation is 1. The van der Waals surface area contributed by atoms with E-state index in [9.17, 15) is 13.0 Å². The lowest BCUT2D eigenvalue weighted by Gasteiger charge is -2.33. The molecule has 4 aromatic carbocycles. The second-order valence-electron chi connectivity index (χ2n) is 14.2. The van der Waals surface area contributed by atoms with Crippen LogP contribution in [-0.4, -0.2) is 13.0 Å². The first kappa shape index (κ1) is 35.0. The summed E-state index contributed by atoms with van der Waals surface area (Å²) in [5, 5.41) is 0. The molecule has 48 heavy (non-hydrogen) atoms. The van der Waals surface area contributed by atoms with Crippen molar-refractivity contribution in [1.82, 2.24) is 0 Å². The third-order valence-corrected chi connectivity index (χ3v) is 14.0. The zero-order valence-corrected chi connectivity index (χ0v) is 30.3. The smallest absolute Gasteiger partial charge is 0.166 e. The molecule has 0 heterocycles. The van der Waals surface area contributed by atoms with Crippen LogP contribution in [0.1, 0.15) is 136 Å². The summed E-state index contributed by atoms with van der Waals surface area (Å²) in [5.74, 6) is 1.04. The summed E-state index contributed by atoms with van der Waals surface area (Å²) in [7, 11) is -4.48. The van der Waals surface area contributed by atoms with Gasteiger partial charge in [0, 0.05) is 0 Å². The first-order chi connectivity index (χ1) is 23.4. The molecule has 0 amide bonds. The monoisotopic (exact) mass is 680 g/mol. The largest absolute Gasteiger partial charge is 0.744 e. The van der Waals surface area contributed by atoms with Crippen molar-refractivity contribution >= 4 is 21.0 Å². The minimum atomic E-state index is -4.46. The summed E-state index contributed by atoms with van der Waals surface area (Å²) in [6, 6.07) is 34.7. The summed E-state index contributed by atoms with van der Waals surface area (Å²) in [6.07, 6.45) is 17.4. The molecule has 3 saturated carbocycles. The molecule has 0 aliphatic heterocycles. The second kappa shape index (κ2) is 16.7. The summed E-state index contributed by atoms with van der Waals surface area (Å²) < 4.78 is 37.5. The van der Waals surface area contributed by atoms with E-state index in [0.29, 0.717) is 5.92 Å². The summed E-state index contributed by atoms with van der Waals surface area (Å²) in [4.78, 5) is 4.28. The number of hydrogen-bond acceptors (Lipinski definition) is 3. The normalized spacial score (nSPS) is 18.3. The van der Waals surface area contributed by atoms with Gasteiger partial charge in [-0.1, -0.05) is 124 Å². The molecular weight excluding hydrogens is 629 g/mol. The molecule has 0 unspecified atom stereocenters. The van der Waals surface area contributed by atoms with Crippen molar-refractivity contribution in [3.05, 3.63) is 119 Å². The fourth-order valence-corrected chi connectivity index (χ4v) is 11.4. The Balaban J connectivity index is 0.000000177. The Morgan fingerprint density at radius 3 is 1.29 bits per heavy atom. The highest BCUT2D eigenvalue weighted by Crippen LogP contribution is 2.45. The Bertz CT molecular complexity index is 1600. The topological polar surface area (TPSA) is 57.2 Å². The van der Waals surface area contributed by atoms with Gasteiger partial charge in [-0.3, -0.25) is 0 Å². The highest BCUT2D eigenvalue weighted by atomic mass is 32.2. The van der Waals surface area contributed by atoms with Crippen molar-refractivity contribution in [2.75, 3.05) is 0 Å². The lowest BCUT2D eigenvalue weighted by atomic mass is 9.76. The highest BCUT2D eigenvalue weighted by Gasteiger charge is 2.30. The van der Waals surface area contributed by atoms with E-state index in [4.69, 9.17) is 0 Å².